The molecular formula is C20H19N3O2S2. The molecule has 0 fully saturated rings. The topological polar surface area (TPSA) is 71.1 Å². The average Bonchev–Trinajstić information content (AvgIpc) is 3.09. The van der Waals surface area contributed by atoms with E-state index in [0.717, 1.165) is 37.8 Å². The molecule has 27 heavy (non-hydrogen) atoms. The Morgan fingerprint density at radius 2 is 2.15 bits per heavy atom. The van der Waals surface area contributed by atoms with E-state index in [0.29, 0.717) is 12.2 Å². The molecule has 2 amide bonds. The number of thioether (sulfide) groups is 1. The molecule has 0 saturated carbocycles. The van der Waals surface area contributed by atoms with Gasteiger partial charge in [-0.3, -0.25) is 9.59 Å². The molecule has 2 aromatic carbocycles. The van der Waals surface area contributed by atoms with Crippen LogP contribution in [0.25, 0.3) is 10.2 Å². The summed E-state index contributed by atoms with van der Waals surface area (Å²) in [6, 6.07) is 13.8. The maximum Gasteiger partial charge on any atom is 0.230 e. The highest BCUT2D eigenvalue weighted by Crippen LogP contribution is 2.29. The van der Waals surface area contributed by atoms with Crippen LogP contribution < -0.4 is 10.6 Å². The molecule has 1 atom stereocenters. The van der Waals surface area contributed by atoms with E-state index in [9.17, 15) is 9.59 Å². The first-order valence-electron chi connectivity index (χ1n) is 8.79. The van der Waals surface area contributed by atoms with Gasteiger partial charge in [0, 0.05) is 12.1 Å². The van der Waals surface area contributed by atoms with E-state index in [1.165, 1.54) is 11.8 Å². The molecule has 7 heteroatoms. The summed E-state index contributed by atoms with van der Waals surface area (Å²) in [5.74, 6) is 0.381. The number of anilines is 1. The fraction of sp³-hybridized carbons (Fsp3) is 0.250. The average molecular weight is 398 g/mol. The molecule has 1 aromatic heterocycles. The lowest BCUT2D eigenvalue weighted by Crippen LogP contribution is -2.28. The third-order valence-corrected chi connectivity index (χ3v) is 6.68. The number of benzene rings is 2. The summed E-state index contributed by atoms with van der Waals surface area (Å²) in [6.45, 7) is 1.98. The fourth-order valence-electron chi connectivity index (χ4n) is 3.08. The second kappa shape index (κ2) is 7.70. The summed E-state index contributed by atoms with van der Waals surface area (Å²) in [5, 5.41) is 5.93. The predicted molar refractivity (Wildman–Crippen MR) is 110 cm³/mol. The van der Waals surface area contributed by atoms with Crippen LogP contribution in [0.4, 0.5) is 5.69 Å². The Balaban J connectivity index is 1.35. The molecule has 1 unspecified atom stereocenters. The normalized spacial score (nSPS) is 14.5. The number of hydrogen-bond donors (Lipinski definition) is 2. The molecule has 1 aliphatic heterocycles. The first-order valence-corrected chi connectivity index (χ1v) is 10.6. The number of carbonyl (C=O) groups is 2. The minimum atomic E-state index is -0.0867. The highest BCUT2D eigenvalue weighted by molar-refractivity contribution is 8.01. The van der Waals surface area contributed by atoms with E-state index in [1.54, 1.807) is 11.3 Å². The number of carbonyl (C=O) groups excluding carboxylic acids is 2. The molecule has 0 aliphatic carbocycles. The summed E-state index contributed by atoms with van der Waals surface area (Å²) in [6.07, 6.45) is 1.25. The van der Waals surface area contributed by atoms with Crippen molar-refractivity contribution in [1.82, 2.24) is 10.3 Å². The minimum absolute atomic E-state index is 0.0159. The zero-order valence-electron chi connectivity index (χ0n) is 14.8. The Kier molecular flexibility index (Phi) is 5.13. The Hall–Kier alpha value is -2.38. The molecule has 2 heterocycles. The number of nitrogens with zero attached hydrogens (tertiary/aromatic N) is 1. The van der Waals surface area contributed by atoms with Crippen molar-refractivity contribution in [3.63, 3.8) is 0 Å². The van der Waals surface area contributed by atoms with Gasteiger partial charge in [-0.2, -0.15) is 0 Å². The summed E-state index contributed by atoms with van der Waals surface area (Å²) in [5.41, 5.74) is 4.01. The van der Waals surface area contributed by atoms with E-state index in [-0.39, 0.29) is 17.9 Å². The predicted octanol–water partition coefficient (Wildman–Crippen LogP) is 4.15. The number of fused-ring (bicyclic) bond motifs is 2. The quantitative estimate of drug-likeness (QED) is 0.635. The first-order chi connectivity index (χ1) is 13.1. The zero-order chi connectivity index (χ0) is 18.8. The number of aromatic nitrogens is 1. The van der Waals surface area contributed by atoms with Crippen molar-refractivity contribution >= 4 is 50.8 Å². The molecule has 3 aromatic rings. The van der Waals surface area contributed by atoms with Gasteiger partial charge in [0.15, 0.2) is 4.34 Å². The summed E-state index contributed by atoms with van der Waals surface area (Å²) in [4.78, 5) is 28.3. The second-order valence-corrected chi connectivity index (χ2v) is 8.74. The van der Waals surface area contributed by atoms with E-state index in [1.807, 2.05) is 43.3 Å². The van der Waals surface area contributed by atoms with Gasteiger partial charge >= 0.3 is 0 Å². The van der Waals surface area contributed by atoms with Gasteiger partial charge in [-0.25, -0.2) is 4.98 Å². The monoisotopic (exact) mass is 397 g/mol. The Morgan fingerprint density at radius 3 is 3.00 bits per heavy atom. The molecule has 2 N–H and O–H groups in total. The Labute approximate surface area is 165 Å². The largest absolute Gasteiger partial charge is 0.349 e. The molecule has 0 saturated heterocycles. The van der Waals surface area contributed by atoms with Crippen LogP contribution in [0.2, 0.25) is 0 Å². The SMILES string of the molecule is CC(NC(=O)CSc1nc2ccccc2s1)c1ccc2c(c1)CCC(=O)N2. The van der Waals surface area contributed by atoms with Gasteiger partial charge in [-0.15, -0.1) is 11.3 Å². The zero-order valence-corrected chi connectivity index (χ0v) is 16.5. The number of thiazole rings is 1. The van der Waals surface area contributed by atoms with Crippen molar-refractivity contribution in [2.24, 2.45) is 0 Å². The molecule has 5 nitrogen and oxygen atoms in total. The third-order valence-electron chi connectivity index (χ3n) is 4.50. The van der Waals surface area contributed by atoms with E-state index in [4.69, 9.17) is 0 Å². The molecule has 0 spiro atoms. The fourth-order valence-corrected chi connectivity index (χ4v) is 4.96. The second-order valence-electron chi connectivity index (χ2n) is 6.49. The lowest BCUT2D eigenvalue weighted by atomic mass is 9.98. The van der Waals surface area contributed by atoms with Crippen LogP contribution in [0.3, 0.4) is 0 Å². The van der Waals surface area contributed by atoms with Gasteiger partial charge in [0.2, 0.25) is 11.8 Å². The van der Waals surface area contributed by atoms with Gasteiger partial charge in [-0.05, 0) is 42.7 Å². The van der Waals surface area contributed by atoms with Gasteiger partial charge in [0.05, 0.1) is 22.0 Å². The maximum absolute atomic E-state index is 12.3. The van der Waals surface area contributed by atoms with E-state index in [2.05, 4.69) is 21.7 Å². The van der Waals surface area contributed by atoms with Crippen LogP contribution in [0.15, 0.2) is 46.8 Å². The van der Waals surface area contributed by atoms with Crippen molar-refractivity contribution in [3.05, 3.63) is 53.6 Å². The molecular weight excluding hydrogens is 378 g/mol. The first kappa shape index (κ1) is 18.0. The maximum atomic E-state index is 12.3. The van der Waals surface area contributed by atoms with Crippen molar-refractivity contribution < 1.29 is 9.59 Å². The van der Waals surface area contributed by atoms with Crippen molar-refractivity contribution in [3.8, 4) is 0 Å². The molecule has 4 rings (SSSR count). The third kappa shape index (κ3) is 4.14. The summed E-state index contributed by atoms with van der Waals surface area (Å²) < 4.78 is 2.04. The van der Waals surface area contributed by atoms with Gasteiger partial charge in [0.25, 0.3) is 0 Å². The van der Waals surface area contributed by atoms with Crippen LogP contribution in [-0.2, 0) is 16.0 Å². The minimum Gasteiger partial charge on any atom is -0.349 e. The number of para-hydroxylation sites is 1. The number of nitrogens with one attached hydrogen (secondary N) is 2. The number of rotatable bonds is 5. The number of amides is 2. The van der Waals surface area contributed by atoms with Gasteiger partial charge in [-0.1, -0.05) is 36.0 Å². The highest BCUT2D eigenvalue weighted by atomic mass is 32.2. The van der Waals surface area contributed by atoms with E-state index < -0.39 is 0 Å². The van der Waals surface area contributed by atoms with Crippen LogP contribution >= 0.6 is 23.1 Å². The highest BCUT2D eigenvalue weighted by Gasteiger charge is 2.17. The number of aryl methyl sites for hydroxylation is 1. The van der Waals surface area contributed by atoms with Gasteiger partial charge < -0.3 is 10.6 Å². The molecule has 0 bridgehead atoms. The van der Waals surface area contributed by atoms with Crippen LogP contribution in [-0.4, -0.2) is 22.6 Å². The standard InChI is InChI=1S/C20H19N3O2S2/c1-12(13-6-8-15-14(10-13)7-9-18(24)22-15)21-19(25)11-26-20-23-16-4-2-3-5-17(16)27-20/h2-6,8,10,12H,7,9,11H2,1H3,(H,21,25)(H,22,24). The van der Waals surface area contributed by atoms with Crippen LogP contribution in [0, 0.1) is 0 Å². The lowest BCUT2D eigenvalue weighted by Gasteiger charge is -2.20. The Bertz CT molecular complexity index is 982. The number of hydrogen-bond acceptors (Lipinski definition) is 5. The van der Waals surface area contributed by atoms with Crippen LogP contribution in [0.1, 0.15) is 30.5 Å². The summed E-state index contributed by atoms with van der Waals surface area (Å²) >= 11 is 3.07. The van der Waals surface area contributed by atoms with Gasteiger partial charge in [0.1, 0.15) is 0 Å². The summed E-state index contributed by atoms with van der Waals surface area (Å²) in [7, 11) is 0. The lowest BCUT2D eigenvalue weighted by molar-refractivity contribution is -0.119. The van der Waals surface area contributed by atoms with E-state index >= 15 is 0 Å². The van der Waals surface area contributed by atoms with Crippen molar-refractivity contribution in [2.75, 3.05) is 11.1 Å². The smallest absolute Gasteiger partial charge is 0.230 e. The molecule has 0 radical (unpaired) electrons. The molecule has 138 valence electrons. The van der Waals surface area contributed by atoms with Crippen molar-refractivity contribution in [1.29, 1.82) is 0 Å². The molecule has 1 aliphatic rings. The Morgan fingerprint density at radius 1 is 1.30 bits per heavy atom. The van der Waals surface area contributed by atoms with Crippen LogP contribution in [0.5, 0.6) is 0 Å². The van der Waals surface area contributed by atoms with Crippen molar-refractivity contribution in [2.45, 2.75) is 30.1 Å².